The fourth-order valence-corrected chi connectivity index (χ4v) is 3.01. The molecule has 1 N–H and O–H groups in total. The van der Waals surface area contributed by atoms with E-state index >= 15 is 0 Å². The van der Waals surface area contributed by atoms with Crippen LogP contribution in [0.5, 0.6) is 0 Å². The number of nitrogens with zero attached hydrogens (tertiary/aromatic N) is 1. The van der Waals surface area contributed by atoms with E-state index in [2.05, 4.69) is 13.8 Å². The highest BCUT2D eigenvalue weighted by Gasteiger charge is 2.41. The molecule has 4 heteroatoms. The number of amides is 1. The van der Waals surface area contributed by atoms with Crippen molar-refractivity contribution < 1.29 is 14.7 Å². The number of rotatable bonds is 4. The first-order chi connectivity index (χ1) is 9.42. The first-order valence-electron chi connectivity index (χ1n) is 7.00. The van der Waals surface area contributed by atoms with Crippen molar-refractivity contribution in [2.45, 2.75) is 33.1 Å². The summed E-state index contributed by atoms with van der Waals surface area (Å²) >= 11 is 0. The summed E-state index contributed by atoms with van der Waals surface area (Å²) in [4.78, 5) is 25.2. The van der Waals surface area contributed by atoms with Crippen molar-refractivity contribution in [1.82, 2.24) is 0 Å². The maximum absolute atomic E-state index is 12.8. The second-order valence-corrected chi connectivity index (χ2v) is 6.09. The Morgan fingerprint density at radius 1 is 1.30 bits per heavy atom. The molecule has 108 valence electrons. The SMILES string of the molecule is CC1(C)CCCC1C(=O)N(CC(=O)O)c1ccccc1. The van der Waals surface area contributed by atoms with Gasteiger partial charge in [-0.2, -0.15) is 0 Å². The molecule has 1 aliphatic carbocycles. The van der Waals surface area contributed by atoms with Crippen molar-refractivity contribution in [2.75, 3.05) is 11.4 Å². The van der Waals surface area contributed by atoms with Crippen molar-refractivity contribution in [2.24, 2.45) is 11.3 Å². The summed E-state index contributed by atoms with van der Waals surface area (Å²) in [6, 6.07) is 9.05. The summed E-state index contributed by atoms with van der Waals surface area (Å²) in [6.45, 7) is 3.90. The molecule has 1 fully saturated rings. The molecule has 0 aromatic heterocycles. The molecule has 1 saturated carbocycles. The number of carboxylic acids is 1. The summed E-state index contributed by atoms with van der Waals surface area (Å²) < 4.78 is 0. The molecule has 0 aliphatic heterocycles. The number of benzene rings is 1. The maximum atomic E-state index is 12.8. The number of carbonyl (C=O) groups excluding carboxylic acids is 1. The van der Waals surface area contributed by atoms with Gasteiger partial charge in [-0.05, 0) is 30.4 Å². The lowest BCUT2D eigenvalue weighted by Gasteiger charge is -2.31. The summed E-state index contributed by atoms with van der Waals surface area (Å²) in [5, 5.41) is 9.07. The highest BCUT2D eigenvalue weighted by atomic mass is 16.4. The molecule has 4 nitrogen and oxygen atoms in total. The molecule has 1 unspecified atom stereocenters. The zero-order valence-corrected chi connectivity index (χ0v) is 12.0. The number of para-hydroxylation sites is 1. The van der Waals surface area contributed by atoms with E-state index in [0.29, 0.717) is 5.69 Å². The lowest BCUT2D eigenvalue weighted by atomic mass is 9.81. The smallest absolute Gasteiger partial charge is 0.323 e. The van der Waals surface area contributed by atoms with Gasteiger partial charge in [-0.1, -0.05) is 38.5 Å². The monoisotopic (exact) mass is 275 g/mol. The molecule has 0 saturated heterocycles. The van der Waals surface area contributed by atoms with Gasteiger partial charge in [0, 0.05) is 11.6 Å². The van der Waals surface area contributed by atoms with Crippen LogP contribution < -0.4 is 4.90 Å². The van der Waals surface area contributed by atoms with Crippen LogP contribution in [0.25, 0.3) is 0 Å². The molecule has 1 amide bonds. The summed E-state index contributed by atoms with van der Waals surface area (Å²) in [5.74, 6) is -1.15. The van der Waals surface area contributed by atoms with E-state index in [4.69, 9.17) is 5.11 Å². The fraction of sp³-hybridized carbons (Fsp3) is 0.500. The number of carbonyl (C=O) groups is 2. The highest BCUT2D eigenvalue weighted by molar-refractivity contribution is 5.99. The summed E-state index contributed by atoms with van der Waals surface area (Å²) in [7, 11) is 0. The fourth-order valence-electron chi connectivity index (χ4n) is 3.01. The van der Waals surface area contributed by atoms with E-state index in [0.717, 1.165) is 19.3 Å². The third-order valence-corrected chi connectivity index (χ3v) is 4.18. The molecule has 2 rings (SSSR count). The van der Waals surface area contributed by atoms with Crippen LogP contribution in [0.2, 0.25) is 0 Å². The molecule has 1 aromatic rings. The Kier molecular flexibility index (Phi) is 4.12. The van der Waals surface area contributed by atoms with Crippen LogP contribution in [0, 0.1) is 11.3 Å². The second-order valence-electron chi connectivity index (χ2n) is 6.09. The first-order valence-corrected chi connectivity index (χ1v) is 7.00. The van der Waals surface area contributed by atoms with Gasteiger partial charge in [0.2, 0.25) is 5.91 Å². The van der Waals surface area contributed by atoms with Gasteiger partial charge in [0.1, 0.15) is 6.54 Å². The van der Waals surface area contributed by atoms with Crippen molar-refractivity contribution in [3.05, 3.63) is 30.3 Å². The van der Waals surface area contributed by atoms with E-state index in [9.17, 15) is 9.59 Å². The minimum absolute atomic E-state index is 0.0530. The van der Waals surface area contributed by atoms with E-state index in [1.807, 2.05) is 18.2 Å². The van der Waals surface area contributed by atoms with Gasteiger partial charge in [-0.15, -0.1) is 0 Å². The minimum Gasteiger partial charge on any atom is -0.480 e. The highest BCUT2D eigenvalue weighted by Crippen LogP contribution is 2.43. The zero-order valence-electron chi connectivity index (χ0n) is 12.0. The van der Waals surface area contributed by atoms with Crippen molar-refractivity contribution in [1.29, 1.82) is 0 Å². The van der Waals surface area contributed by atoms with Gasteiger partial charge < -0.3 is 10.0 Å². The van der Waals surface area contributed by atoms with E-state index in [1.165, 1.54) is 4.90 Å². The Balaban J connectivity index is 2.27. The van der Waals surface area contributed by atoms with Crippen LogP contribution in [0.1, 0.15) is 33.1 Å². The molecule has 0 bridgehead atoms. The Morgan fingerprint density at radius 2 is 1.95 bits per heavy atom. The molecule has 1 aliphatic rings. The Hall–Kier alpha value is -1.84. The quantitative estimate of drug-likeness (QED) is 0.919. The van der Waals surface area contributed by atoms with Crippen molar-refractivity contribution in [3.8, 4) is 0 Å². The van der Waals surface area contributed by atoms with Gasteiger partial charge >= 0.3 is 5.97 Å². The van der Waals surface area contributed by atoms with Crippen LogP contribution >= 0.6 is 0 Å². The number of aliphatic carboxylic acids is 1. The first kappa shape index (κ1) is 14.6. The average Bonchev–Trinajstić information content (AvgIpc) is 2.75. The third kappa shape index (κ3) is 3.00. The molecule has 1 aromatic carbocycles. The summed E-state index contributed by atoms with van der Waals surface area (Å²) in [6.07, 6.45) is 2.88. The number of anilines is 1. The number of carboxylic acid groups (broad SMARTS) is 1. The normalized spacial score (nSPS) is 20.6. The molecule has 0 heterocycles. The van der Waals surface area contributed by atoms with Crippen LogP contribution in [0.15, 0.2) is 30.3 Å². The molecular weight excluding hydrogens is 254 g/mol. The van der Waals surface area contributed by atoms with Crippen molar-refractivity contribution >= 4 is 17.6 Å². The van der Waals surface area contributed by atoms with E-state index in [-0.39, 0.29) is 23.8 Å². The molecule has 0 radical (unpaired) electrons. The van der Waals surface area contributed by atoms with Crippen LogP contribution in [-0.4, -0.2) is 23.5 Å². The zero-order chi connectivity index (χ0) is 14.8. The Bertz CT molecular complexity index is 496. The van der Waals surface area contributed by atoms with Crippen LogP contribution in [0.3, 0.4) is 0 Å². The summed E-state index contributed by atoms with van der Waals surface area (Å²) in [5.41, 5.74) is 0.602. The van der Waals surface area contributed by atoms with Crippen LogP contribution in [0.4, 0.5) is 5.69 Å². The van der Waals surface area contributed by atoms with Crippen molar-refractivity contribution in [3.63, 3.8) is 0 Å². The van der Waals surface area contributed by atoms with Gasteiger partial charge in [0.05, 0.1) is 0 Å². The van der Waals surface area contributed by atoms with Crippen LogP contribution in [-0.2, 0) is 9.59 Å². The number of hydrogen-bond donors (Lipinski definition) is 1. The molecule has 1 atom stereocenters. The third-order valence-electron chi connectivity index (χ3n) is 4.18. The predicted octanol–water partition coefficient (Wildman–Crippen LogP) is 2.93. The van der Waals surface area contributed by atoms with E-state index < -0.39 is 5.97 Å². The molecule has 20 heavy (non-hydrogen) atoms. The minimum atomic E-state index is -0.988. The lowest BCUT2D eigenvalue weighted by molar-refractivity contribution is -0.137. The Morgan fingerprint density at radius 3 is 2.45 bits per heavy atom. The molecular formula is C16H21NO3. The standard InChI is InChI=1S/C16H21NO3/c1-16(2)10-6-9-13(16)15(20)17(11-14(18)19)12-7-4-3-5-8-12/h3-5,7-8,13H,6,9-11H2,1-2H3,(H,18,19). The lowest BCUT2D eigenvalue weighted by Crippen LogP contribution is -2.42. The van der Waals surface area contributed by atoms with E-state index in [1.54, 1.807) is 12.1 Å². The van der Waals surface area contributed by atoms with Gasteiger partial charge in [-0.25, -0.2) is 0 Å². The predicted molar refractivity (Wildman–Crippen MR) is 77.6 cm³/mol. The van der Waals surface area contributed by atoms with Gasteiger partial charge in [-0.3, -0.25) is 9.59 Å². The average molecular weight is 275 g/mol. The number of hydrogen-bond acceptors (Lipinski definition) is 2. The Labute approximate surface area is 119 Å². The largest absolute Gasteiger partial charge is 0.480 e. The topological polar surface area (TPSA) is 57.6 Å². The van der Waals surface area contributed by atoms with Gasteiger partial charge in [0.15, 0.2) is 0 Å². The second kappa shape index (κ2) is 5.65. The molecule has 0 spiro atoms. The maximum Gasteiger partial charge on any atom is 0.323 e. The van der Waals surface area contributed by atoms with Gasteiger partial charge in [0.25, 0.3) is 0 Å².